The Bertz CT molecular complexity index is 949. The number of nitrogens with zero attached hydrogens (tertiary/aromatic N) is 1. The summed E-state index contributed by atoms with van der Waals surface area (Å²) < 4.78 is 15.9. The average molecular weight is 424 g/mol. The molecule has 1 heterocycles. The van der Waals surface area contributed by atoms with Gasteiger partial charge in [-0.1, -0.05) is 12.1 Å². The van der Waals surface area contributed by atoms with Gasteiger partial charge in [0.2, 0.25) is 0 Å². The minimum Gasteiger partial charge on any atom is -0.497 e. The molecule has 0 atom stereocenters. The van der Waals surface area contributed by atoms with Crippen molar-refractivity contribution in [2.45, 2.75) is 26.4 Å². The molecule has 2 aromatic carbocycles. The van der Waals surface area contributed by atoms with Gasteiger partial charge in [-0.05, 0) is 62.2 Å². The molecule has 0 aliphatic carbocycles. The predicted octanol–water partition coefficient (Wildman–Crippen LogP) is 3.71. The van der Waals surface area contributed by atoms with Gasteiger partial charge in [0.1, 0.15) is 17.2 Å². The first-order chi connectivity index (χ1) is 14.9. The van der Waals surface area contributed by atoms with Crippen LogP contribution >= 0.6 is 0 Å². The number of anilines is 1. The summed E-state index contributed by atoms with van der Waals surface area (Å²) in [4.78, 5) is 27.5. The van der Waals surface area contributed by atoms with Crippen molar-refractivity contribution >= 4 is 23.1 Å². The van der Waals surface area contributed by atoms with Crippen molar-refractivity contribution in [2.24, 2.45) is 0 Å². The number of hydrogen-bond acceptors (Lipinski definition) is 6. The average Bonchev–Trinajstić information content (AvgIpc) is 2.99. The fourth-order valence-corrected chi connectivity index (χ4v) is 3.32. The van der Waals surface area contributed by atoms with Gasteiger partial charge in [0.05, 0.1) is 18.8 Å². The molecule has 7 nitrogen and oxygen atoms in total. The number of hydrogen-bond donors (Lipinski definition) is 1. The third-order valence-corrected chi connectivity index (χ3v) is 4.77. The minimum atomic E-state index is -0.352. The maximum Gasteiger partial charge on any atom is 0.278 e. The first-order valence-corrected chi connectivity index (χ1v) is 10.2. The molecule has 31 heavy (non-hydrogen) atoms. The van der Waals surface area contributed by atoms with Crippen LogP contribution in [0.25, 0.3) is 5.57 Å². The van der Waals surface area contributed by atoms with Crippen molar-refractivity contribution in [2.75, 3.05) is 32.7 Å². The lowest BCUT2D eigenvalue weighted by molar-refractivity contribution is -0.136. The number of ether oxygens (including phenoxy) is 3. The minimum absolute atomic E-state index is 0.0675. The second-order valence-electron chi connectivity index (χ2n) is 7.40. The Morgan fingerprint density at radius 1 is 0.903 bits per heavy atom. The van der Waals surface area contributed by atoms with E-state index in [-0.39, 0.29) is 30.2 Å². The van der Waals surface area contributed by atoms with Crippen LogP contribution in [-0.2, 0) is 14.3 Å². The normalized spacial score (nSPS) is 13.9. The Labute approximate surface area is 182 Å². The molecular formula is C24H28N2O5. The van der Waals surface area contributed by atoms with Crippen LogP contribution in [0.4, 0.5) is 5.69 Å². The Balaban J connectivity index is 1.92. The number of methoxy groups -OCH3 is 2. The van der Waals surface area contributed by atoms with Crippen LogP contribution in [0.1, 0.15) is 25.8 Å². The summed E-state index contributed by atoms with van der Waals surface area (Å²) in [6, 6.07) is 14.4. The van der Waals surface area contributed by atoms with Crippen LogP contribution in [0.5, 0.6) is 11.5 Å². The molecule has 0 bridgehead atoms. The molecular weight excluding hydrogens is 396 g/mol. The lowest BCUT2D eigenvalue weighted by atomic mass is 10.0. The second kappa shape index (κ2) is 10.1. The van der Waals surface area contributed by atoms with Crippen molar-refractivity contribution in [3.05, 3.63) is 59.8 Å². The first-order valence-electron chi connectivity index (χ1n) is 10.2. The molecule has 1 aliphatic heterocycles. The molecule has 3 rings (SSSR count). The zero-order valence-electron chi connectivity index (χ0n) is 18.3. The number of carbonyl (C=O) groups excluding carboxylic acids is 2. The number of rotatable bonds is 10. The van der Waals surface area contributed by atoms with Gasteiger partial charge in [0.25, 0.3) is 11.8 Å². The summed E-state index contributed by atoms with van der Waals surface area (Å²) >= 11 is 0. The molecule has 0 unspecified atom stereocenters. The molecule has 0 fully saturated rings. The van der Waals surface area contributed by atoms with Crippen molar-refractivity contribution in [1.82, 2.24) is 4.90 Å². The predicted molar refractivity (Wildman–Crippen MR) is 119 cm³/mol. The second-order valence-corrected chi connectivity index (χ2v) is 7.40. The Morgan fingerprint density at radius 3 is 2.13 bits per heavy atom. The zero-order valence-corrected chi connectivity index (χ0v) is 18.3. The van der Waals surface area contributed by atoms with Crippen LogP contribution in [0.3, 0.4) is 0 Å². The number of nitrogens with one attached hydrogen (secondary N) is 1. The van der Waals surface area contributed by atoms with Crippen molar-refractivity contribution in [3.63, 3.8) is 0 Å². The molecule has 7 heteroatoms. The van der Waals surface area contributed by atoms with Crippen molar-refractivity contribution in [3.8, 4) is 11.5 Å². The Morgan fingerprint density at radius 2 is 1.55 bits per heavy atom. The van der Waals surface area contributed by atoms with Crippen LogP contribution in [0.2, 0.25) is 0 Å². The molecule has 2 aromatic rings. The third-order valence-electron chi connectivity index (χ3n) is 4.77. The zero-order chi connectivity index (χ0) is 22.4. The summed E-state index contributed by atoms with van der Waals surface area (Å²) in [5, 5.41) is 3.15. The van der Waals surface area contributed by atoms with Gasteiger partial charge in [-0.3, -0.25) is 14.5 Å². The lowest BCUT2D eigenvalue weighted by Crippen LogP contribution is -2.33. The van der Waals surface area contributed by atoms with Crippen molar-refractivity contribution in [1.29, 1.82) is 0 Å². The summed E-state index contributed by atoms with van der Waals surface area (Å²) in [6.07, 6.45) is 0.635. The van der Waals surface area contributed by atoms with E-state index in [1.165, 1.54) is 4.90 Å². The molecule has 1 N–H and O–H groups in total. The molecule has 2 amide bonds. The van der Waals surface area contributed by atoms with E-state index in [0.29, 0.717) is 35.6 Å². The molecule has 0 aromatic heterocycles. The topological polar surface area (TPSA) is 77.1 Å². The fraction of sp³-hybridized carbons (Fsp3) is 0.333. The van der Waals surface area contributed by atoms with Gasteiger partial charge in [-0.15, -0.1) is 0 Å². The summed E-state index contributed by atoms with van der Waals surface area (Å²) in [5.74, 6) is 0.733. The van der Waals surface area contributed by atoms with Crippen LogP contribution in [0.15, 0.2) is 54.2 Å². The highest BCUT2D eigenvalue weighted by molar-refractivity contribution is 6.36. The standard InChI is InChI=1S/C24H28N2O5/c1-16(2)31-20-12-8-18(9-13-20)25-22-21(17-6-10-19(30-4)11-7-17)23(27)26(24(22)28)14-5-15-29-3/h6-13,16,25H,5,14-15H2,1-4H3. The molecule has 0 radical (unpaired) electrons. The van der Waals surface area contributed by atoms with E-state index in [0.717, 1.165) is 5.75 Å². The smallest absolute Gasteiger partial charge is 0.278 e. The third kappa shape index (κ3) is 5.24. The lowest BCUT2D eigenvalue weighted by Gasteiger charge is -2.15. The highest BCUT2D eigenvalue weighted by atomic mass is 16.5. The quantitative estimate of drug-likeness (QED) is 0.463. The molecule has 0 saturated heterocycles. The van der Waals surface area contributed by atoms with E-state index in [4.69, 9.17) is 14.2 Å². The fourth-order valence-electron chi connectivity index (χ4n) is 3.32. The van der Waals surface area contributed by atoms with Gasteiger partial charge < -0.3 is 19.5 Å². The Hall–Kier alpha value is -3.32. The van der Waals surface area contributed by atoms with Crippen LogP contribution in [0, 0.1) is 0 Å². The van der Waals surface area contributed by atoms with E-state index >= 15 is 0 Å². The largest absolute Gasteiger partial charge is 0.497 e. The highest BCUT2D eigenvalue weighted by Gasteiger charge is 2.38. The summed E-state index contributed by atoms with van der Waals surface area (Å²) in [5.41, 5.74) is 1.94. The Kier molecular flexibility index (Phi) is 7.31. The summed E-state index contributed by atoms with van der Waals surface area (Å²) in [6.45, 7) is 4.67. The van der Waals surface area contributed by atoms with E-state index in [1.54, 1.807) is 38.5 Å². The first kappa shape index (κ1) is 22.4. The van der Waals surface area contributed by atoms with E-state index < -0.39 is 0 Å². The molecule has 0 saturated carbocycles. The van der Waals surface area contributed by atoms with E-state index in [9.17, 15) is 9.59 Å². The summed E-state index contributed by atoms with van der Waals surface area (Å²) in [7, 11) is 3.17. The number of amides is 2. The van der Waals surface area contributed by atoms with Gasteiger partial charge in [-0.2, -0.15) is 0 Å². The van der Waals surface area contributed by atoms with Gasteiger partial charge in [0.15, 0.2) is 0 Å². The van der Waals surface area contributed by atoms with Crippen LogP contribution < -0.4 is 14.8 Å². The number of imide groups is 1. The van der Waals surface area contributed by atoms with Crippen LogP contribution in [-0.4, -0.2) is 50.2 Å². The maximum atomic E-state index is 13.2. The molecule has 0 spiro atoms. The van der Waals surface area contributed by atoms with Gasteiger partial charge in [-0.25, -0.2) is 0 Å². The highest BCUT2D eigenvalue weighted by Crippen LogP contribution is 2.32. The number of carbonyl (C=O) groups is 2. The number of benzene rings is 2. The monoisotopic (exact) mass is 424 g/mol. The maximum absolute atomic E-state index is 13.2. The SMILES string of the molecule is COCCCN1C(=O)C(Nc2ccc(OC(C)C)cc2)=C(c2ccc(OC)cc2)C1=O. The van der Waals surface area contributed by atoms with Crippen molar-refractivity contribution < 1.29 is 23.8 Å². The van der Waals surface area contributed by atoms with Gasteiger partial charge >= 0.3 is 0 Å². The van der Waals surface area contributed by atoms with E-state index in [1.807, 2.05) is 38.1 Å². The molecule has 164 valence electrons. The van der Waals surface area contributed by atoms with E-state index in [2.05, 4.69) is 5.32 Å². The van der Waals surface area contributed by atoms with Gasteiger partial charge in [0, 0.05) is 25.9 Å². The molecule has 1 aliphatic rings.